The van der Waals surface area contributed by atoms with Crippen LogP contribution in [0.2, 0.25) is 0 Å². The molecule has 1 aliphatic rings. The van der Waals surface area contributed by atoms with E-state index in [9.17, 15) is 4.79 Å². The van der Waals surface area contributed by atoms with Gasteiger partial charge < -0.3 is 10.6 Å². The van der Waals surface area contributed by atoms with Gasteiger partial charge in [-0.15, -0.1) is 0 Å². The minimum atomic E-state index is -0.00252. The predicted molar refractivity (Wildman–Crippen MR) is 97.9 cm³/mol. The number of carbonyl (C=O) groups excluding carboxylic acids is 1. The van der Waals surface area contributed by atoms with Crippen molar-refractivity contribution in [3.8, 4) is 0 Å². The summed E-state index contributed by atoms with van der Waals surface area (Å²) in [7, 11) is 0. The summed E-state index contributed by atoms with van der Waals surface area (Å²) in [5, 5.41) is 0. The lowest BCUT2D eigenvalue weighted by Crippen LogP contribution is -2.40. The van der Waals surface area contributed by atoms with E-state index in [0.717, 1.165) is 32.2 Å². The summed E-state index contributed by atoms with van der Waals surface area (Å²) in [5.41, 5.74) is 9.58. The van der Waals surface area contributed by atoms with Crippen LogP contribution < -0.4 is 5.73 Å². The normalized spacial score (nSPS) is 16.5. The highest BCUT2D eigenvalue weighted by Crippen LogP contribution is 2.32. The van der Waals surface area contributed by atoms with Crippen LogP contribution in [-0.2, 0) is 17.6 Å². The SMILES string of the molecule is NCCN(CCc1ccccc1)C(=O)C1CCCc2ccccc21. The molecule has 0 aliphatic heterocycles. The number of amides is 1. The number of nitrogens with zero attached hydrogens (tertiary/aromatic N) is 1. The van der Waals surface area contributed by atoms with Crippen molar-refractivity contribution in [1.82, 2.24) is 4.90 Å². The number of hydrogen-bond acceptors (Lipinski definition) is 2. The van der Waals surface area contributed by atoms with Crippen LogP contribution in [0.4, 0.5) is 0 Å². The van der Waals surface area contributed by atoms with Crippen molar-refractivity contribution in [3.63, 3.8) is 0 Å². The van der Waals surface area contributed by atoms with Crippen molar-refractivity contribution in [3.05, 3.63) is 71.3 Å². The molecule has 0 saturated carbocycles. The molecular weight excluding hydrogens is 296 g/mol. The Morgan fingerprint density at radius 1 is 1.04 bits per heavy atom. The smallest absolute Gasteiger partial charge is 0.230 e. The maximum absolute atomic E-state index is 13.1. The molecule has 2 N–H and O–H groups in total. The summed E-state index contributed by atoms with van der Waals surface area (Å²) in [6, 6.07) is 18.7. The van der Waals surface area contributed by atoms with E-state index in [-0.39, 0.29) is 11.8 Å². The molecule has 2 aromatic carbocycles. The molecule has 0 bridgehead atoms. The summed E-state index contributed by atoms with van der Waals surface area (Å²) in [4.78, 5) is 15.1. The topological polar surface area (TPSA) is 46.3 Å². The Kier molecular flexibility index (Phi) is 5.65. The van der Waals surface area contributed by atoms with Crippen LogP contribution >= 0.6 is 0 Å². The fourth-order valence-corrected chi connectivity index (χ4v) is 3.63. The predicted octanol–water partition coefficient (Wildman–Crippen LogP) is 3.14. The Balaban J connectivity index is 1.73. The van der Waals surface area contributed by atoms with Crippen LogP contribution in [0.25, 0.3) is 0 Å². The zero-order valence-corrected chi connectivity index (χ0v) is 14.2. The van der Waals surface area contributed by atoms with E-state index in [2.05, 4.69) is 30.3 Å². The van der Waals surface area contributed by atoms with Gasteiger partial charge >= 0.3 is 0 Å². The molecule has 0 fully saturated rings. The molecule has 1 atom stereocenters. The molecule has 0 aromatic heterocycles. The Hall–Kier alpha value is -2.13. The third kappa shape index (κ3) is 3.85. The third-order valence-corrected chi connectivity index (χ3v) is 4.89. The maximum atomic E-state index is 13.1. The second kappa shape index (κ2) is 8.11. The number of fused-ring (bicyclic) bond motifs is 1. The fourth-order valence-electron chi connectivity index (χ4n) is 3.63. The average Bonchev–Trinajstić information content (AvgIpc) is 2.65. The molecule has 126 valence electrons. The van der Waals surface area contributed by atoms with Crippen molar-refractivity contribution in [2.45, 2.75) is 31.6 Å². The zero-order valence-electron chi connectivity index (χ0n) is 14.2. The Morgan fingerprint density at radius 2 is 1.79 bits per heavy atom. The molecule has 0 saturated heterocycles. The maximum Gasteiger partial charge on any atom is 0.230 e. The van der Waals surface area contributed by atoms with Gasteiger partial charge in [0.15, 0.2) is 0 Å². The number of hydrogen-bond donors (Lipinski definition) is 1. The number of benzene rings is 2. The van der Waals surface area contributed by atoms with E-state index < -0.39 is 0 Å². The van der Waals surface area contributed by atoms with Crippen molar-refractivity contribution in [2.75, 3.05) is 19.6 Å². The van der Waals surface area contributed by atoms with E-state index in [1.807, 2.05) is 29.2 Å². The van der Waals surface area contributed by atoms with Gasteiger partial charge in [0.05, 0.1) is 5.92 Å². The Morgan fingerprint density at radius 3 is 2.58 bits per heavy atom. The first-order valence-corrected chi connectivity index (χ1v) is 8.90. The van der Waals surface area contributed by atoms with E-state index in [1.54, 1.807) is 0 Å². The van der Waals surface area contributed by atoms with Gasteiger partial charge in [-0.2, -0.15) is 0 Å². The van der Waals surface area contributed by atoms with E-state index in [1.165, 1.54) is 16.7 Å². The van der Waals surface area contributed by atoms with Gasteiger partial charge in [0.25, 0.3) is 0 Å². The van der Waals surface area contributed by atoms with Crippen LogP contribution in [-0.4, -0.2) is 30.4 Å². The fraction of sp³-hybridized carbons (Fsp3) is 0.381. The van der Waals surface area contributed by atoms with Gasteiger partial charge in [-0.3, -0.25) is 4.79 Å². The molecule has 3 heteroatoms. The molecule has 1 aliphatic carbocycles. The zero-order chi connectivity index (χ0) is 16.8. The number of aryl methyl sites for hydroxylation is 1. The number of rotatable bonds is 6. The third-order valence-electron chi connectivity index (χ3n) is 4.89. The first kappa shape index (κ1) is 16.7. The van der Waals surface area contributed by atoms with Gasteiger partial charge in [-0.05, 0) is 42.4 Å². The van der Waals surface area contributed by atoms with Crippen LogP contribution in [0.1, 0.15) is 35.4 Å². The molecule has 0 spiro atoms. The van der Waals surface area contributed by atoms with Gasteiger partial charge in [0.1, 0.15) is 0 Å². The molecule has 0 radical (unpaired) electrons. The summed E-state index contributed by atoms with van der Waals surface area (Å²) in [5.74, 6) is 0.237. The largest absolute Gasteiger partial charge is 0.341 e. The van der Waals surface area contributed by atoms with Gasteiger partial charge in [-0.1, -0.05) is 54.6 Å². The van der Waals surface area contributed by atoms with Crippen LogP contribution in [0.5, 0.6) is 0 Å². The van der Waals surface area contributed by atoms with E-state index >= 15 is 0 Å². The monoisotopic (exact) mass is 322 g/mol. The van der Waals surface area contributed by atoms with Crippen molar-refractivity contribution >= 4 is 5.91 Å². The lowest BCUT2D eigenvalue weighted by Gasteiger charge is -2.31. The molecule has 2 aromatic rings. The van der Waals surface area contributed by atoms with E-state index in [4.69, 9.17) is 5.73 Å². The van der Waals surface area contributed by atoms with Gasteiger partial charge in [0.2, 0.25) is 5.91 Å². The highest BCUT2D eigenvalue weighted by Gasteiger charge is 2.29. The van der Waals surface area contributed by atoms with E-state index in [0.29, 0.717) is 13.1 Å². The highest BCUT2D eigenvalue weighted by molar-refractivity contribution is 5.84. The number of nitrogens with two attached hydrogens (primary N) is 1. The first-order valence-electron chi connectivity index (χ1n) is 8.90. The minimum absolute atomic E-state index is 0.00252. The molecule has 1 unspecified atom stereocenters. The molecule has 0 heterocycles. The average molecular weight is 322 g/mol. The number of carbonyl (C=O) groups is 1. The molecule has 3 nitrogen and oxygen atoms in total. The summed E-state index contributed by atoms with van der Waals surface area (Å²) >= 11 is 0. The molecule has 3 rings (SSSR count). The first-order chi connectivity index (χ1) is 11.8. The van der Waals surface area contributed by atoms with Crippen molar-refractivity contribution in [1.29, 1.82) is 0 Å². The van der Waals surface area contributed by atoms with Crippen LogP contribution in [0, 0.1) is 0 Å². The molecule has 1 amide bonds. The quantitative estimate of drug-likeness (QED) is 0.888. The van der Waals surface area contributed by atoms with Gasteiger partial charge in [-0.25, -0.2) is 0 Å². The summed E-state index contributed by atoms with van der Waals surface area (Å²) < 4.78 is 0. The highest BCUT2D eigenvalue weighted by atomic mass is 16.2. The summed E-state index contributed by atoms with van der Waals surface area (Å²) in [6.45, 7) is 1.87. The molecular formula is C21H26N2O. The van der Waals surface area contributed by atoms with Crippen molar-refractivity contribution in [2.24, 2.45) is 5.73 Å². The second-order valence-corrected chi connectivity index (χ2v) is 6.49. The molecule has 24 heavy (non-hydrogen) atoms. The van der Waals surface area contributed by atoms with Crippen LogP contribution in [0.15, 0.2) is 54.6 Å². The van der Waals surface area contributed by atoms with Crippen molar-refractivity contribution < 1.29 is 4.79 Å². The minimum Gasteiger partial charge on any atom is -0.341 e. The summed E-state index contributed by atoms with van der Waals surface area (Å²) in [6.07, 6.45) is 3.99. The standard InChI is InChI=1S/C21H26N2O/c22-14-16-23(15-13-17-7-2-1-3-8-17)21(24)20-12-6-10-18-9-4-5-11-19(18)20/h1-5,7-9,11,20H,6,10,12-16,22H2. The Bertz CT molecular complexity index is 669. The lowest BCUT2D eigenvalue weighted by molar-refractivity contribution is -0.133. The second-order valence-electron chi connectivity index (χ2n) is 6.49. The lowest BCUT2D eigenvalue weighted by atomic mass is 9.82. The van der Waals surface area contributed by atoms with Gasteiger partial charge in [0, 0.05) is 19.6 Å². The van der Waals surface area contributed by atoms with Crippen LogP contribution in [0.3, 0.4) is 0 Å². The Labute approximate surface area is 144 Å².